The Hall–Kier alpha value is -3.81. The van der Waals surface area contributed by atoms with Crippen molar-refractivity contribution in [2.45, 2.75) is 6.42 Å². The molecule has 3 heterocycles. The summed E-state index contributed by atoms with van der Waals surface area (Å²) in [5.74, 6) is 0.725. The van der Waals surface area contributed by atoms with Crippen molar-refractivity contribution in [2.75, 3.05) is 11.9 Å². The standard InChI is InChI=1S/C20H17FN6O/c21-17-6-2-1-4-14(17)7-9-23-18-10-19(25-13-24-18)27-20(28)16(12-26-27)15-5-3-8-22-11-15/h1-6,8,10-13,26H,7,9H2,(H,23,24,25). The molecule has 0 fully saturated rings. The van der Waals surface area contributed by atoms with Gasteiger partial charge in [-0.15, -0.1) is 0 Å². The zero-order valence-electron chi connectivity index (χ0n) is 14.8. The maximum absolute atomic E-state index is 13.7. The van der Waals surface area contributed by atoms with Gasteiger partial charge in [-0.2, -0.15) is 0 Å². The summed E-state index contributed by atoms with van der Waals surface area (Å²) >= 11 is 0. The molecule has 0 unspecified atom stereocenters. The summed E-state index contributed by atoms with van der Waals surface area (Å²) in [6.45, 7) is 0.498. The minimum atomic E-state index is -0.232. The molecule has 0 atom stereocenters. The number of aromatic nitrogens is 5. The van der Waals surface area contributed by atoms with E-state index in [0.29, 0.717) is 35.7 Å². The van der Waals surface area contributed by atoms with Gasteiger partial charge in [0, 0.05) is 36.8 Å². The molecule has 0 spiro atoms. The number of H-pyrrole nitrogens is 1. The summed E-state index contributed by atoms with van der Waals surface area (Å²) in [6.07, 6.45) is 6.78. The molecule has 0 bridgehead atoms. The van der Waals surface area contributed by atoms with Crippen molar-refractivity contribution in [3.8, 4) is 16.9 Å². The van der Waals surface area contributed by atoms with Crippen molar-refractivity contribution in [1.82, 2.24) is 24.7 Å². The van der Waals surface area contributed by atoms with Crippen LogP contribution in [-0.4, -0.2) is 31.3 Å². The minimum absolute atomic E-state index is 0.228. The predicted octanol–water partition coefficient (Wildman–Crippen LogP) is 2.81. The summed E-state index contributed by atoms with van der Waals surface area (Å²) in [4.78, 5) is 25.1. The van der Waals surface area contributed by atoms with E-state index in [9.17, 15) is 9.18 Å². The van der Waals surface area contributed by atoms with E-state index in [1.807, 2.05) is 6.07 Å². The van der Waals surface area contributed by atoms with Crippen LogP contribution in [0.2, 0.25) is 0 Å². The lowest BCUT2D eigenvalue weighted by atomic mass is 10.1. The lowest BCUT2D eigenvalue weighted by Gasteiger charge is -2.07. The molecule has 4 aromatic rings. The average molecular weight is 376 g/mol. The molecule has 3 aromatic heterocycles. The average Bonchev–Trinajstić information content (AvgIpc) is 3.12. The molecule has 0 aliphatic heterocycles. The summed E-state index contributed by atoms with van der Waals surface area (Å²) in [5, 5.41) is 6.05. The highest BCUT2D eigenvalue weighted by atomic mass is 19.1. The fraction of sp³-hybridized carbons (Fsp3) is 0.100. The number of aromatic amines is 1. The number of nitrogens with one attached hydrogen (secondary N) is 2. The molecule has 4 rings (SSSR count). The Kier molecular flexibility index (Phi) is 4.92. The largest absolute Gasteiger partial charge is 0.370 e. The topological polar surface area (TPSA) is 88.5 Å². The van der Waals surface area contributed by atoms with Crippen molar-refractivity contribution in [3.05, 3.63) is 89.1 Å². The lowest BCUT2D eigenvalue weighted by molar-refractivity contribution is 0.610. The van der Waals surface area contributed by atoms with Crippen LogP contribution in [0.25, 0.3) is 16.9 Å². The molecule has 0 aliphatic rings. The molecule has 8 heteroatoms. The maximum atomic E-state index is 13.7. The monoisotopic (exact) mass is 376 g/mol. The first-order valence-corrected chi connectivity index (χ1v) is 8.73. The van der Waals surface area contributed by atoms with Gasteiger partial charge in [-0.25, -0.2) is 19.0 Å². The quantitative estimate of drug-likeness (QED) is 0.540. The van der Waals surface area contributed by atoms with Crippen molar-refractivity contribution in [1.29, 1.82) is 0 Å². The predicted molar refractivity (Wildman–Crippen MR) is 104 cm³/mol. The molecular weight excluding hydrogens is 359 g/mol. The van der Waals surface area contributed by atoms with Crippen LogP contribution in [0.5, 0.6) is 0 Å². The molecule has 0 amide bonds. The molecule has 0 radical (unpaired) electrons. The molecule has 140 valence electrons. The molecular formula is C20H17FN6O. The van der Waals surface area contributed by atoms with E-state index in [1.165, 1.54) is 17.1 Å². The van der Waals surface area contributed by atoms with Gasteiger partial charge in [0.05, 0.1) is 5.56 Å². The van der Waals surface area contributed by atoms with Crippen LogP contribution in [0.4, 0.5) is 10.2 Å². The van der Waals surface area contributed by atoms with Crippen LogP contribution in [0.15, 0.2) is 72.2 Å². The van der Waals surface area contributed by atoms with Gasteiger partial charge in [0.2, 0.25) is 0 Å². The van der Waals surface area contributed by atoms with Gasteiger partial charge in [-0.05, 0) is 24.1 Å². The number of anilines is 1. The van der Waals surface area contributed by atoms with Crippen LogP contribution in [0.3, 0.4) is 0 Å². The second-order valence-electron chi connectivity index (χ2n) is 6.10. The van der Waals surface area contributed by atoms with E-state index >= 15 is 0 Å². The van der Waals surface area contributed by atoms with Crippen LogP contribution in [-0.2, 0) is 6.42 Å². The van der Waals surface area contributed by atoms with Crippen LogP contribution in [0.1, 0.15) is 5.56 Å². The van der Waals surface area contributed by atoms with E-state index in [2.05, 4.69) is 25.4 Å². The molecule has 28 heavy (non-hydrogen) atoms. The van der Waals surface area contributed by atoms with Crippen molar-refractivity contribution in [2.24, 2.45) is 0 Å². The Bertz CT molecular complexity index is 1140. The molecule has 7 nitrogen and oxygen atoms in total. The smallest absolute Gasteiger partial charge is 0.280 e. The molecule has 1 aromatic carbocycles. The SMILES string of the molecule is O=c1c(-c2cccnc2)c[nH]n1-c1cc(NCCc2ccccc2F)ncn1. The van der Waals surface area contributed by atoms with Gasteiger partial charge < -0.3 is 5.32 Å². The zero-order valence-corrected chi connectivity index (χ0v) is 14.8. The van der Waals surface area contributed by atoms with Crippen molar-refractivity contribution < 1.29 is 4.39 Å². The van der Waals surface area contributed by atoms with Crippen molar-refractivity contribution in [3.63, 3.8) is 0 Å². The zero-order chi connectivity index (χ0) is 19.3. The highest BCUT2D eigenvalue weighted by molar-refractivity contribution is 5.60. The minimum Gasteiger partial charge on any atom is -0.370 e. The third kappa shape index (κ3) is 3.66. The second kappa shape index (κ2) is 7.83. The Morgan fingerprint density at radius 1 is 1.14 bits per heavy atom. The highest BCUT2D eigenvalue weighted by Gasteiger charge is 2.11. The summed E-state index contributed by atoms with van der Waals surface area (Å²) in [7, 11) is 0. The fourth-order valence-corrected chi connectivity index (χ4v) is 2.86. The van der Waals surface area contributed by atoms with Gasteiger partial charge in [0.1, 0.15) is 18.0 Å². The molecule has 0 aliphatic carbocycles. The van der Waals surface area contributed by atoms with E-state index < -0.39 is 0 Å². The summed E-state index contributed by atoms with van der Waals surface area (Å²) < 4.78 is 15.0. The Labute approximate surface area is 159 Å². The number of nitrogens with zero attached hydrogens (tertiary/aromatic N) is 4. The number of hydrogen-bond donors (Lipinski definition) is 2. The van der Waals surface area contributed by atoms with Crippen LogP contribution < -0.4 is 10.9 Å². The molecule has 0 saturated heterocycles. The van der Waals surface area contributed by atoms with Gasteiger partial charge in [-0.3, -0.25) is 14.9 Å². The second-order valence-corrected chi connectivity index (χ2v) is 6.10. The van der Waals surface area contributed by atoms with E-state index in [-0.39, 0.29) is 11.4 Å². The number of halogens is 1. The van der Waals surface area contributed by atoms with Gasteiger partial charge >= 0.3 is 0 Å². The number of hydrogen-bond acceptors (Lipinski definition) is 5. The van der Waals surface area contributed by atoms with E-state index in [4.69, 9.17) is 0 Å². The summed E-state index contributed by atoms with van der Waals surface area (Å²) in [5.41, 5.74) is 1.62. The van der Waals surface area contributed by atoms with Gasteiger partial charge in [0.15, 0.2) is 5.82 Å². The van der Waals surface area contributed by atoms with Crippen LogP contribution >= 0.6 is 0 Å². The summed E-state index contributed by atoms with van der Waals surface area (Å²) in [6, 6.07) is 11.9. The number of rotatable bonds is 6. The first-order valence-electron chi connectivity index (χ1n) is 8.73. The third-order valence-corrected chi connectivity index (χ3v) is 4.28. The van der Waals surface area contributed by atoms with E-state index in [1.54, 1.807) is 48.9 Å². The first kappa shape index (κ1) is 17.6. The van der Waals surface area contributed by atoms with E-state index in [0.717, 1.165) is 5.56 Å². The van der Waals surface area contributed by atoms with Gasteiger partial charge in [-0.1, -0.05) is 24.3 Å². The normalized spacial score (nSPS) is 10.8. The number of benzene rings is 1. The molecule has 2 N–H and O–H groups in total. The Morgan fingerprint density at radius 2 is 2.04 bits per heavy atom. The molecule has 0 saturated carbocycles. The highest BCUT2D eigenvalue weighted by Crippen LogP contribution is 2.14. The first-order chi connectivity index (χ1) is 13.7. The lowest BCUT2D eigenvalue weighted by Crippen LogP contribution is -2.17. The van der Waals surface area contributed by atoms with Gasteiger partial charge in [0.25, 0.3) is 5.56 Å². The fourth-order valence-electron chi connectivity index (χ4n) is 2.86. The maximum Gasteiger partial charge on any atom is 0.280 e. The Balaban J connectivity index is 1.51. The number of pyridine rings is 1. The van der Waals surface area contributed by atoms with Crippen LogP contribution in [0, 0.1) is 5.82 Å². The Morgan fingerprint density at radius 3 is 2.86 bits per heavy atom. The third-order valence-electron chi connectivity index (χ3n) is 4.28. The van der Waals surface area contributed by atoms with Crippen molar-refractivity contribution >= 4 is 5.82 Å².